The fourth-order valence-corrected chi connectivity index (χ4v) is 1.23. The van der Waals surface area contributed by atoms with Gasteiger partial charge in [-0.15, -0.1) is 0 Å². The third kappa shape index (κ3) is 2.54. The Morgan fingerprint density at radius 2 is 2.12 bits per heavy atom. The van der Waals surface area contributed by atoms with E-state index in [-0.39, 0.29) is 12.1 Å². The number of carbonyl (C=O) groups is 2. The van der Waals surface area contributed by atoms with Crippen molar-refractivity contribution in [1.29, 1.82) is 0 Å². The second-order valence-electron chi connectivity index (χ2n) is 3.26. The van der Waals surface area contributed by atoms with Crippen molar-refractivity contribution in [3.63, 3.8) is 0 Å². The Kier molecular flexibility index (Phi) is 2.95. The molecular weight excluding hydrogens is 228 g/mol. The quantitative estimate of drug-likeness (QED) is 0.741. The highest BCUT2D eigenvalue weighted by atomic mass is 16.6. The minimum atomic E-state index is -1.19. The number of nitrogens with one attached hydrogen (secondary N) is 1. The summed E-state index contributed by atoms with van der Waals surface area (Å²) in [7, 11) is 0. The van der Waals surface area contributed by atoms with Crippen molar-refractivity contribution in [3.8, 4) is 0 Å². The van der Waals surface area contributed by atoms with Gasteiger partial charge in [-0.1, -0.05) is 5.16 Å². The van der Waals surface area contributed by atoms with Crippen LogP contribution in [0, 0.1) is 0 Å². The van der Waals surface area contributed by atoms with Crippen LogP contribution in [-0.4, -0.2) is 38.8 Å². The van der Waals surface area contributed by atoms with Gasteiger partial charge in [-0.2, -0.15) is 0 Å². The number of aromatic nitrogens is 2. The van der Waals surface area contributed by atoms with Crippen LogP contribution >= 0.6 is 0 Å². The van der Waals surface area contributed by atoms with E-state index in [1.165, 1.54) is 18.7 Å². The Morgan fingerprint density at radius 1 is 1.41 bits per heavy atom. The summed E-state index contributed by atoms with van der Waals surface area (Å²) < 4.78 is 0. The zero-order valence-electron chi connectivity index (χ0n) is 8.53. The van der Waals surface area contributed by atoms with Crippen LogP contribution in [0.15, 0.2) is 23.9 Å². The van der Waals surface area contributed by atoms with Crippen molar-refractivity contribution in [3.05, 3.63) is 18.7 Å². The molecule has 2 rings (SSSR count). The third-order valence-electron chi connectivity index (χ3n) is 2.04. The van der Waals surface area contributed by atoms with E-state index in [0.29, 0.717) is 5.69 Å². The monoisotopic (exact) mass is 236 g/mol. The first-order chi connectivity index (χ1) is 8.16. The smallest absolute Gasteiger partial charge is 0.353 e. The molecule has 1 amide bonds. The van der Waals surface area contributed by atoms with Gasteiger partial charge in [-0.05, 0) is 0 Å². The molecule has 8 heteroatoms. The molecule has 88 valence electrons. The Hall–Kier alpha value is -2.51. The van der Waals surface area contributed by atoms with Crippen LogP contribution in [0.4, 0.5) is 5.69 Å². The molecule has 0 aromatic carbocycles. The van der Waals surface area contributed by atoms with E-state index in [4.69, 9.17) is 9.94 Å². The number of carbonyl (C=O) groups excluding carboxylic acids is 1. The number of anilines is 1. The molecule has 0 saturated carbocycles. The maximum atomic E-state index is 11.6. The maximum Gasteiger partial charge on any atom is 0.353 e. The molecule has 8 nitrogen and oxygen atoms in total. The maximum absolute atomic E-state index is 11.6. The second kappa shape index (κ2) is 4.56. The highest BCUT2D eigenvalue weighted by Crippen LogP contribution is 2.13. The molecule has 1 atom stereocenters. The van der Waals surface area contributed by atoms with Crippen LogP contribution < -0.4 is 5.32 Å². The summed E-state index contributed by atoms with van der Waals surface area (Å²) in [6.07, 6.45) is 3.17. The zero-order valence-corrected chi connectivity index (χ0v) is 8.53. The molecule has 0 aliphatic carbocycles. The predicted molar refractivity (Wildman–Crippen MR) is 55.2 cm³/mol. The van der Waals surface area contributed by atoms with Crippen molar-refractivity contribution in [2.45, 2.75) is 12.5 Å². The van der Waals surface area contributed by atoms with E-state index in [2.05, 4.69) is 20.4 Å². The van der Waals surface area contributed by atoms with Gasteiger partial charge in [0.1, 0.15) is 6.33 Å². The summed E-state index contributed by atoms with van der Waals surface area (Å²) in [6, 6.07) is 0. The SMILES string of the molecule is O=C(O)C1=NOC(C(=O)Nc2cncnc2)C1. The third-order valence-corrected chi connectivity index (χ3v) is 2.04. The molecule has 0 bridgehead atoms. The van der Waals surface area contributed by atoms with Crippen LogP contribution in [0.1, 0.15) is 6.42 Å². The van der Waals surface area contributed by atoms with Gasteiger partial charge in [-0.25, -0.2) is 14.8 Å². The standard InChI is InChI=1S/C9H8N4O4/c14-8(12-5-2-10-4-11-3-5)7-1-6(9(15)16)13-17-7/h2-4,7H,1H2,(H,12,14)(H,15,16). The summed E-state index contributed by atoms with van der Waals surface area (Å²) >= 11 is 0. The van der Waals surface area contributed by atoms with Crippen molar-refractivity contribution in [2.24, 2.45) is 5.16 Å². The molecule has 1 aromatic rings. The summed E-state index contributed by atoms with van der Waals surface area (Å²) in [4.78, 5) is 34.3. The molecular formula is C9H8N4O4. The molecule has 1 aliphatic heterocycles. The first-order valence-corrected chi connectivity index (χ1v) is 4.68. The second-order valence-corrected chi connectivity index (χ2v) is 3.26. The minimum absolute atomic E-state index is 0.0607. The van der Waals surface area contributed by atoms with Crippen LogP contribution in [0.3, 0.4) is 0 Å². The van der Waals surface area contributed by atoms with Crippen LogP contribution in [0.5, 0.6) is 0 Å². The number of nitrogens with zero attached hydrogens (tertiary/aromatic N) is 3. The topological polar surface area (TPSA) is 114 Å². The number of carboxylic acids is 1. The molecule has 17 heavy (non-hydrogen) atoms. The molecule has 1 unspecified atom stereocenters. The van der Waals surface area contributed by atoms with Gasteiger partial charge in [-0.3, -0.25) is 4.79 Å². The molecule has 2 N–H and O–H groups in total. The van der Waals surface area contributed by atoms with E-state index in [9.17, 15) is 9.59 Å². The van der Waals surface area contributed by atoms with Crippen molar-refractivity contribution >= 4 is 23.3 Å². The molecule has 0 saturated heterocycles. The van der Waals surface area contributed by atoms with Gasteiger partial charge in [0, 0.05) is 6.42 Å². The van der Waals surface area contributed by atoms with Crippen molar-refractivity contribution in [1.82, 2.24) is 9.97 Å². The van der Waals surface area contributed by atoms with Crippen molar-refractivity contribution < 1.29 is 19.5 Å². The lowest BCUT2D eigenvalue weighted by Gasteiger charge is -2.08. The van der Waals surface area contributed by atoms with Gasteiger partial charge < -0.3 is 15.3 Å². The Bertz CT molecular complexity index is 473. The highest BCUT2D eigenvalue weighted by Gasteiger charge is 2.31. The van der Waals surface area contributed by atoms with Crippen molar-refractivity contribution in [2.75, 3.05) is 5.32 Å². The molecule has 0 radical (unpaired) electrons. The molecule has 1 aliphatic rings. The van der Waals surface area contributed by atoms with E-state index in [1.807, 2.05) is 0 Å². The van der Waals surface area contributed by atoms with E-state index >= 15 is 0 Å². The van der Waals surface area contributed by atoms with Crippen LogP contribution in [0.25, 0.3) is 0 Å². The van der Waals surface area contributed by atoms with E-state index in [0.717, 1.165) is 0 Å². The molecule has 0 fully saturated rings. The molecule has 2 heterocycles. The van der Waals surface area contributed by atoms with Gasteiger partial charge in [0.05, 0.1) is 18.1 Å². The summed E-state index contributed by atoms with van der Waals surface area (Å²) in [5.41, 5.74) is 0.235. The van der Waals surface area contributed by atoms with E-state index < -0.39 is 18.0 Å². The highest BCUT2D eigenvalue weighted by molar-refractivity contribution is 6.36. The number of hydrogen-bond donors (Lipinski definition) is 2. The number of carboxylic acid groups (broad SMARTS) is 1. The first-order valence-electron chi connectivity index (χ1n) is 4.68. The Labute approximate surface area is 95.3 Å². The molecule has 1 aromatic heterocycles. The lowest BCUT2D eigenvalue weighted by molar-refractivity contribution is -0.129. The predicted octanol–water partition coefficient (Wildman–Crippen LogP) is -0.355. The van der Waals surface area contributed by atoms with Gasteiger partial charge in [0.15, 0.2) is 5.71 Å². The number of rotatable bonds is 3. The Morgan fingerprint density at radius 3 is 2.71 bits per heavy atom. The fourth-order valence-electron chi connectivity index (χ4n) is 1.23. The first kappa shape index (κ1) is 11.0. The number of hydrogen-bond acceptors (Lipinski definition) is 6. The van der Waals surface area contributed by atoms with Gasteiger partial charge in [0.2, 0.25) is 6.10 Å². The van der Waals surface area contributed by atoms with Crippen LogP contribution in [-0.2, 0) is 14.4 Å². The normalized spacial score (nSPS) is 18.1. The Balaban J connectivity index is 1.93. The molecule has 0 spiro atoms. The number of oxime groups is 1. The number of amides is 1. The largest absolute Gasteiger partial charge is 0.477 e. The summed E-state index contributed by atoms with van der Waals surface area (Å²) in [6.45, 7) is 0. The van der Waals surface area contributed by atoms with E-state index in [1.54, 1.807) is 0 Å². The fraction of sp³-hybridized carbons (Fsp3) is 0.222. The number of aliphatic carboxylic acids is 1. The lowest BCUT2D eigenvalue weighted by atomic mass is 10.1. The average Bonchev–Trinajstić information content (AvgIpc) is 2.79. The summed E-state index contributed by atoms with van der Waals surface area (Å²) in [5.74, 6) is -1.68. The zero-order chi connectivity index (χ0) is 12.3. The van der Waals surface area contributed by atoms with Crippen LogP contribution in [0.2, 0.25) is 0 Å². The van der Waals surface area contributed by atoms with Gasteiger partial charge in [0.25, 0.3) is 5.91 Å². The minimum Gasteiger partial charge on any atom is -0.477 e. The van der Waals surface area contributed by atoms with Gasteiger partial charge >= 0.3 is 5.97 Å². The lowest BCUT2D eigenvalue weighted by Crippen LogP contribution is -2.29. The average molecular weight is 236 g/mol. The summed E-state index contributed by atoms with van der Waals surface area (Å²) in [5, 5.41) is 14.4.